The van der Waals surface area contributed by atoms with Gasteiger partial charge < -0.3 is 4.53 Å². The first-order chi connectivity index (χ1) is 7.81. The molecule has 0 aliphatic rings. The molecule has 1 heterocycles. The van der Waals surface area contributed by atoms with Crippen LogP contribution in [0, 0.1) is 0 Å². The molecule has 92 valence electrons. The molecule has 2 aromatic rings. The van der Waals surface area contributed by atoms with Crippen LogP contribution < -0.4 is 4.53 Å². The number of nitrogens with zero attached hydrogens (tertiary/aromatic N) is 1. The largest absolute Gasteiger partial charge is 0.469 e. The van der Waals surface area contributed by atoms with E-state index in [1.165, 1.54) is 5.39 Å². The number of rotatable bonds is 2. The summed E-state index contributed by atoms with van der Waals surface area (Å²) in [5, 5.41) is 1.45. The van der Waals surface area contributed by atoms with Crippen LogP contribution in [0.1, 0.15) is 20.8 Å². The van der Waals surface area contributed by atoms with Crippen molar-refractivity contribution >= 4 is 19.2 Å². The van der Waals surface area contributed by atoms with Crippen LogP contribution in [-0.4, -0.2) is 13.0 Å². The van der Waals surface area contributed by atoms with Crippen molar-refractivity contribution in [2.45, 2.75) is 38.9 Å². The van der Waals surface area contributed by atoms with E-state index in [9.17, 15) is 0 Å². The summed E-state index contributed by atoms with van der Waals surface area (Å²) >= 11 is 0. The maximum absolute atomic E-state index is 6.28. The standard InChI is InChI=1S/C14H21NOSi/c1-14(2,3)17(4,5)16-15-11-10-12-8-6-7-9-13(12)15/h6-11H,1-5H3. The molecule has 3 heteroatoms. The molecule has 0 fully saturated rings. The van der Waals surface area contributed by atoms with Gasteiger partial charge in [0.15, 0.2) is 0 Å². The Kier molecular flexibility index (Phi) is 2.82. The van der Waals surface area contributed by atoms with Crippen molar-refractivity contribution in [1.29, 1.82) is 0 Å². The van der Waals surface area contributed by atoms with Crippen molar-refractivity contribution in [3.63, 3.8) is 0 Å². The first kappa shape index (κ1) is 12.2. The van der Waals surface area contributed by atoms with E-state index in [2.05, 4.69) is 58.1 Å². The highest BCUT2D eigenvalue weighted by molar-refractivity contribution is 6.74. The molecule has 0 N–H and O–H groups in total. The monoisotopic (exact) mass is 247 g/mol. The summed E-state index contributed by atoms with van der Waals surface area (Å²) in [6.45, 7) is 11.3. The summed E-state index contributed by atoms with van der Waals surface area (Å²) in [5.74, 6) is 0. The van der Waals surface area contributed by atoms with E-state index in [4.69, 9.17) is 4.53 Å². The lowest BCUT2D eigenvalue weighted by Crippen LogP contribution is -2.47. The van der Waals surface area contributed by atoms with E-state index in [1.807, 2.05) is 17.0 Å². The highest BCUT2D eigenvalue weighted by atomic mass is 28.4. The molecule has 0 atom stereocenters. The molecule has 0 saturated carbocycles. The minimum absolute atomic E-state index is 0.221. The summed E-state index contributed by atoms with van der Waals surface area (Å²) in [4.78, 5) is 0. The van der Waals surface area contributed by atoms with Crippen LogP contribution in [0.2, 0.25) is 18.1 Å². The van der Waals surface area contributed by atoms with E-state index in [-0.39, 0.29) is 5.04 Å². The normalized spacial score (nSPS) is 13.0. The molecule has 0 aliphatic carbocycles. The zero-order chi connectivity index (χ0) is 12.7. The minimum Gasteiger partial charge on any atom is -0.469 e. The van der Waals surface area contributed by atoms with E-state index < -0.39 is 8.32 Å². The van der Waals surface area contributed by atoms with E-state index in [0.717, 1.165) is 5.52 Å². The van der Waals surface area contributed by atoms with E-state index >= 15 is 0 Å². The second-order valence-corrected chi connectivity index (χ2v) is 10.8. The fourth-order valence-corrected chi connectivity index (χ4v) is 2.44. The lowest BCUT2D eigenvalue weighted by atomic mass is 10.2. The molecule has 0 unspecified atom stereocenters. The van der Waals surface area contributed by atoms with Gasteiger partial charge in [0.2, 0.25) is 0 Å². The van der Waals surface area contributed by atoms with Gasteiger partial charge in [-0.25, -0.2) is 4.73 Å². The summed E-state index contributed by atoms with van der Waals surface area (Å²) in [6, 6.07) is 10.4. The molecule has 0 amide bonds. The highest BCUT2D eigenvalue weighted by Crippen LogP contribution is 2.35. The van der Waals surface area contributed by atoms with Gasteiger partial charge in [0.1, 0.15) is 0 Å². The van der Waals surface area contributed by atoms with Crippen LogP contribution >= 0.6 is 0 Å². The SMILES string of the molecule is CC(C)(C)[Si](C)(C)On1ccc2ccccc21. The maximum Gasteiger partial charge on any atom is 0.284 e. The van der Waals surface area contributed by atoms with Crippen LogP contribution in [0.25, 0.3) is 10.9 Å². The fourth-order valence-electron chi connectivity index (χ4n) is 1.52. The van der Waals surface area contributed by atoms with E-state index in [1.54, 1.807) is 0 Å². The molecule has 0 spiro atoms. The number of aromatic nitrogens is 1. The molecular weight excluding hydrogens is 226 g/mol. The summed E-state index contributed by atoms with van der Waals surface area (Å²) in [7, 11) is -1.76. The van der Waals surface area contributed by atoms with Gasteiger partial charge >= 0.3 is 0 Å². The Balaban J connectivity index is 2.37. The van der Waals surface area contributed by atoms with Crippen molar-refractivity contribution < 1.29 is 4.53 Å². The number of benzene rings is 1. The van der Waals surface area contributed by atoms with Gasteiger partial charge in [0.25, 0.3) is 8.32 Å². The van der Waals surface area contributed by atoms with Crippen LogP contribution in [-0.2, 0) is 0 Å². The van der Waals surface area contributed by atoms with Crippen LogP contribution in [0.4, 0.5) is 0 Å². The molecule has 17 heavy (non-hydrogen) atoms. The number of hydrogen-bond donors (Lipinski definition) is 0. The fraction of sp³-hybridized carbons (Fsp3) is 0.429. The molecule has 2 nitrogen and oxygen atoms in total. The van der Waals surface area contributed by atoms with Crippen molar-refractivity contribution in [3.8, 4) is 0 Å². The number of hydrogen-bond acceptors (Lipinski definition) is 1. The Morgan fingerprint density at radius 3 is 2.35 bits per heavy atom. The third kappa shape index (κ3) is 2.25. The Morgan fingerprint density at radius 1 is 1.06 bits per heavy atom. The van der Waals surface area contributed by atoms with Crippen molar-refractivity contribution in [1.82, 2.24) is 4.73 Å². The summed E-state index contributed by atoms with van der Waals surface area (Å²) < 4.78 is 8.21. The van der Waals surface area contributed by atoms with Gasteiger partial charge in [-0.2, -0.15) is 0 Å². The topological polar surface area (TPSA) is 14.2 Å². The molecule has 1 aromatic heterocycles. The Morgan fingerprint density at radius 2 is 1.71 bits per heavy atom. The predicted octanol–water partition coefficient (Wildman–Crippen LogP) is 4.08. The molecule has 0 bridgehead atoms. The average Bonchev–Trinajstić information content (AvgIpc) is 2.60. The molecule has 0 aliphatic heterocycles. The summed E-state index contributed by atoms with van der Waals surface area (Å²) in [5.41, 5.74) is 1.15. The third-order valence-electron chi connectivity index (χ3n) is 3.70. The Labute approximate surface area is 104 Å². The van der Waals surface area contributed by atoms with Crippen LogP contribution in [0.15, 0.2) is 36.5 Å². The second-order valence-electron chi connectivity index (χ2n) is 6.05. The zero-order valence-electron chi connectivity index (χ0n) is 11.3. The van der Waals surface area contributed by atoms with Gasteiger partial charge in [-0.15, -0.1) is 0 Å². The first-order valence-electron chi connectivity index (χ1n) is 6.07. The number of para-hydroxylation sites is 1. The zero-order valence-corrected chi connectivity index (χ0v) is 12.3. The van der Waals surface area contributed by atoms with Gasteiger partial charge in [-0.3, -0.25) is 0 Å². The lowest BCUT2D eigenvalue weighted by molar-refractivity contribution is 0.263. The first-order valence-corrected chi connectivity index (χ1v) is 8.98. The summed E-state index contributed by atoms with van der Waals surface area (Å²) in [6.07, 6.45) is 2.02. The predicted molar refractivity (Wildman–Crippen MR) is 75.7 cm³/mol. The van der Waals surface area contributed by atoms with Crippen LogP contribution in [0.5, 0.6) is 0 Å². The molecule has 2 rings (SSSR count). The van der Waals surface area contributed by atoms with Gasteiger partial charge in [0, 0.05) is 11.6 Å². The van der Waals surface area contributed by atoms with Crippen molar-refractivity contribution in [3.05, 3.63) is 36.5 Å². The molecule has 1 aromatic carbocycles. The third-order valence-corrected chi connectivity index (χ3v) is 7.96. The Bertz CT molecular complexity index is 522. The van der Waals surface area contributed by atoms with Gasteiger partial charge in [-0.05, 0) is 30.3 Å². The quantitative estimate of drug-likeness (QED) is 0.730. The molecule has 0 radical (unpaired) electrons. The van der Waals surface area contributed by atoms with E-state index in [0.29, 0.717) is 0 Å². The van der Waals surface area contributed by atoms with Gasteiger partial charge in [0.05, 0.1) is 5.52 Å². The minimum atomic E-state index is -1.76. The Hall–Kier alpha value is -1.22. The number of fused-ring (bicyclic) bond motifs is 1. The molecule has 0 saturated heterocycles. The second kappa shape index (κ2) is 3.91. The smallest absolute Gasteiger partial charge is 0.284 e. The van der Waals surface area contributed by atoms with Crippen LogP contribution in [0.3, 0.4) is 0 Å². The van der Waals surface area contributed by atoms with Crippen molar-refractivity contribution in [2.75, 3.05) is 0 Å². The molecular formula is C14H21NOSi. The maximum atomic E-state index is 6.28. The lowest BCUT2D eigenvalue weighted by Gasteiger charge is -2.36. The average molecular weight is 247 g/mol. The highest BCUT2D eigenvalue weighted by Gasteiger charge is 2.40. The van der Waals surface area contributed by atoms with Crippen molar-refractivity contribution in [2.24, 2.45) is 0 Å². The van der Waals surface area contributed by atoms with Gasteiger partial charge in [-0.1, -0.05) is 39.0 Å².